The Labute approximate surface area is 180 Å². The highest BCUT2D eigenvalue weighted by Crippen LogP contribution is 2.24. The van der Waals surface area contributed by atoms with Gasteiger partial charge in [-0.3, -0.25) is 9.59 Å². The average molecular weight is 419 g/mol. The molecule has 2 aromatic carbocycles. The molecule has 4 amide bonds. The number of amides is 4. The smallest absolute Gasteiger partial charge is 0.333 e. The molecule has 2 aromatic rings. The van der Waals surface area contributed by atoms with Crippen LogP contribution < -0.4 is 15.5 Å². The van der Waals surface area contributed by atoms with Crippen molar-refractivity contribution in [3.05, 3.63) is 65.4 Å². The molecule has 3 N–H and O–H groups in total. The summed E-state index contributed by atoms with van der Waals surface area (Å²) in [6.07, 6.45) is 7.60. The molecule has 1 heterocycles. The van der Waals surface area contributed by atoms with Crippen molar-refractivity contribution in [1.29, 1.82) is 0 Å². The minimum atomic E-state index is -0.551. The summed E-state index contributed by atoms with van der Waals surface area (Å²) in [5, 5.41) is 14.9. The Hall–Kier alpha value is -3.61. The molecular weight excluding hydrogens is 394 g/mol. The molecular formula is C24H25N3O4. The van der Waals surface area contributed by atoms with E-state index in [-0.39, 0.29) is 17.4 Å². The zero-order chi connectivity index (χ0) is 21.8. The second-order valence-electron chi connectivity index (χ2n) is 7.98. The van der Waals surface area contributed by atoms with Crippen LogP contribution in [0, 0.1) is 5.92 Å². The number of imide groups is 1. The van der Waals surface area contributed by atoms with Crippen LogP contribution in [0.1, 0.15) is 48.0 Å². The predicted octanol–water partition coefficient (Wildman–Crippen LogP) is 3.80. The summed E-state index contributed by atoms with van der Waals surface area (Å²) in [7, 11) is 0. The van der Waals surface area contributed by atoms with E-state index in [9.17, 15) is 19.5 Å². The lowest BCUT2D eigenvalue weighted by atomic mass is 9.89. The molecule has 0 spiro atoms. The fourth-order valence-electron chi connectivity index (χ4n) is 4.00. The van der Waals surface area contributed by atoms with E-state index in [0.717, 1.165) is 17.7 Å². The summed E-state index contributed by atoms with van der Waals surface area (Å²) in [6, 6.07) is 12.2. The van der Waals surface area contributed by atoms with Crippen LogP contribution in [0.25, 0.3) is 6.08 Å². The molecule has 4 rings (SSSR count). The fraction of sp³-hybridized carbons (Fsp3) is 0.292. The van der Waals surface area contributed by atoms with Crippen LogP contribution in [0.4, 0.5) is 10.5 Å². The normalized spacial score (nSPS) is 18.3. The van der Waals surface area contributed by atoms with E-state index < -0.39 is 11.9 Å². The molecule has 0 unspecified atom stereocenters. The van der Waals surface area contributed by atoms with Crippen molar-refractivity contribution in [2.24, 2.45) is 5.92 Å². The molecule has 1 aliphatic carbocycles. The Kier molecular flexibility index (Phi) is 6.02. The Balaban J connectivity index is 1.42. The molecule has 7 nitrogen and oxygen atoms in total. The van der Waals surface area contributed by atoms with Gasteiger partial charge in [-0.15, -0.1) is 0 Å². The number of phenolic OH excluding ortho intramolecular Hbond substituents is 1. The summed E-state index contributed by atoms with van der Waals surface area (Å²) >= 11 is 0. The predicted molar refractivity (Wildman–Crippen MR) is 117 cm³/mol. The van der Waals surface area contributed by atoms with Gasteiger partial charge in [-0.2, -0.15) is 0 Å². The molecule has 0 bridgehead atoms. The van der Waals surface area contributed by atoms with Crippen LogP contribution in [-0.2, 0) is 4.79 Å². The maximum absolute atomic E-state index is 12.7. The van der Waals surface area contributed by atoms with Gasteiger partial charge in [0.2, 0.25) is 0 Å². The van der Waals surface area contributed by atoms with Crippen LogP contribution in [0.15, 0.2) is 54.2 Å². The Morgan fingerprint density at radius 2 is 1.71 bits per heavy atom. The van der Waals surface area contributed by atoms with E-state index in [1.165, 1.54) is 31.4 Å². The van der Waals surface area contributed by atoms with E-state index in [2.05, 4.69) is 10.6 Å². The van der Waals surface area contributed by atoms with Crippen molar-refractivity contribution in [3.8, 4) is 5.75 Å². The van der Waals surface area contributed by atoms with E-state index in [1.54, 1.807) is 42.5 Å². The maximum Gasteiger partial charge on any atom is 0.333 e. The average Bonchev–Trinajstić information content (AvgIpc) is 3.07. The number of carbonyl (C=O) groups excluding carboxylic acids is 3. The first kappa shape index (κ1) is 20.7. The summed E-state index contributed by atoms with van der Waals surface area (Å²) in [5.41, 5.74) is 1.70. The van der Waals surface area contributed by atoms with Crippen LogP contribution in [0.3, 0.4) is 0 Å². The molecule has 1 saturated carbocycles. The summed E-state index contributed by atoms with van der Waals surface area (Å²) in [5.74, 6) is 0.0323. The molecule has 160 valence electrons. The standard InChI is InChI=1S/C24H25N3O4/c28-20-12-6-16(7-13-20)14-21-23(30)27(24(31)26-21)19-10-8-18(9-11-19)22(29)25-15-17-4-2-1-3-5-17/h6-14,17,28H,1-5,15H2,(H,25,29)(H,26,31)/b21-14-. The van der Waals surface area contributed by atoms with Gasteiger partial charge in [0.15, 0.2) is 0 Å². The lowest BCUT2D eigenvalue weighted by Gasteiger charge is -2.21. The van der Waals surface area contributed by atoms with Crippen LogP contribution in [-0.4, -0.2) is 29.5 Å². The number of hydrogen-bond donors (Lipinski definition) is 3. The van der Waals surface area contributed by atoms with Gasteiger partial charge in [-0.1, -0.05) is 31.4 Å². The van der Waals surface area contributed by atoms with Crippen LogP contribution >= 0.6 is 0 Å². The molecule has 1 aliphatic heterocycles. The van der Waals surface area contributed by atoms with Gasteiger partial charge in [0.05, 0.1) is 5.69 Å². The van der Waals surface area contributed by atoms with Crippen molar-refractivity contribution in [2.75, 3.05) is 11.4 Å². The zero-order valence-corrected chi connectivity index (χ0v) is 17.1. The maximum atomic E-state index is 12.7. The fourth-order valence-corrected chi connectivity index (χ4v) is 4.00. The third-order valence-corrected chi connectivity index (χ3v) is 5.75. The van der Waals surface area contributed by atoms with Crippen LogP contribution in [0.5, 0.6) is 5.75 Å². The molecule has 2 aliphatic rings. The van der Waals surface area contributed by atoms with Gasteiger partial charge < -0.3 is 15.7 Å². The van der Waals surface area contributed by atoms with E-state index in [0.29, 0.717) is 29.3 Å². The molecule has 0 aromatic heterocycles. The summed E-state index contributed by atoms with van der Waals surface area (Å²) < 4.78 is 0. The van der Waals surface area contributed by atoms with Crippen molar-refractivity contribution in [1.82, 2.24) is 10.6 Å². The topological polar surface area (TPSA) is 98.7 Å². The monoisotopic (exact) mass is 419 g/mol. The van der Waals surface area contributed by atoms with Crippen LogP contribution in [0.2, 0.25) is 0 Å². The highest BCUT2D eigenvalue weighted by Gasteiger charge is 2.34. The number of phenols is 1. The molecule has 2 fully saturated rings. The summed E-state index contributed by atoms with van der Waals surface area (Å²) in [6.45, 7) is 0.680. The minimum absolute atomic E-state index is 0.119. The number of urea groups is 1. The van der Waals surface area contributed by atoms with Gasteiger partial charge in [-0.25, -0.2) is 9.69 Å². The number of benzene rings is 2. The number of carbonyl (C=O) groups is 3. The molecule has 0 radical (unpaired) electrons. The van der Waals surface area contributed by atoms with Crippen molar-refractivity contribution >= 4 is 29.6 Å². The molecule has 0 atom stereocenters. The third kappa shape index (κ3) is 4.77. The van der Waals surface area contributed by atoms with Gasteiger partial charge in [0.25, 0.3) is 11.8 Å². The second kappa shape index (κ2) is 9.04. The first-order chi connectivity index (χ1) is 15.0. The highest BCUT2D eigenvalue weighted by molar-refractivity contribution is 6.28. The number of aromatic hydroxyl groups is 1. The highest BCUT2D eigenvalue weighted by atomic mass is 16.3. The van der Waals surface area contributed by atoms with Crippen molar-refractivity contribution < 1.29 is 19.5 Å². The number of nitrogens with zero attached hydrogens (tertiary/aromatic N) is 1. The van der Waals surface area contributed by atoms with Gasteiger partial charge >= 0.3 is 6.03 Å². The molecule has 31 heavy (non-hydrogen) atoms. The van der Waals surface area contributed by atoms with Crippen molar-refractivity contribution in [2.45, 2.75) is 32.1 Å². The number of rotatable bonds is 5. The largest absolute Gasteiger partial charge is 0.508 e. The number of anilines is 1. The SMILES string of the molecule is O=C(NCC1CCCCC1)c1ccc(N2C(=O)N/C(=C\c3ccc(O)cc3)C2=O)cc1. The molecule has 7 heteroatoms. The van der Waals surface area contributed by atoms with E-state index in [4.69, 9.17) is 0 Å². The minimum Gasteiger partial charge on any atom is -0.508 e. The van der Waals surface area contributed by atoms with E-state index >= 15 is 0 Å². The van der Waals surface area contributed by atoms with Gasteiger partial charge in [0, 0.05) is 12.1 Å². The number of hydrogen-bond acceptors (Lipinski definition) is 4. The number of nitrogens with one attached hydrogen (secondary N) is 2. The quantitative estimate of drug-likeness (QED) is 0.507. The Morgan fingerprint density at radius 3 is 2.39 bits per heavy atom. The summed E-state index contributed by atoms with van der Waals surface area (Å²) in [4.78, 5) is 38.6. The Bertz CT molecular complexity index is 1010. The third-order valence-electron chi connectivity index (χ3n) is 5.75. The lowest BCUT2D eigenvalue weighted by Crippen LogP contribution is -2.31. The molecule has 1 saturated heterocycles. The first-order valence-corrected chi connectivity index (χ1v) is 10.6. The zero-order valence-electron chi connectivity index (χ0n) is 17.1. The Morgan fingerprint density at radius 1 is 1.03 bits per heavy atom. The van der Waals surface area contributed by atoms with E-state index in [1.807, 2.05) is 0 Å². The van der Waals surface area contributed by atoms with Gasteiger partial charge in [-0.05, 0) is 66.8 Å². The first-order valence-electron chi connectivity index (χ1n) is 10.6. The van der Waals surface area contributed by atoms with Gasteiger partial charge in [0.1, 0.15) is 11.4 Å². The second-order valence-corrected chi connectivity index (χ2v) is 7.98. The lowest BCUT2D eigenvalue weighted by molar-refractivity contribution is -0.113. The van der Waals surface area contributed by atoms with Crippen molar-refractivity contribution in [3.63, 3.8) is 0 Å².